The van der Waals surface area contributed by atoms with E-state index in [9.17, 15) is 9.90 Å². The summed E-state index contributed by atoms with van der Waals surface area (Å²) in [4.78, 5) is 12.0. The Morgan fingerprint density at radius 2 is 2.21 bits per heavy atom. The molecule has 1 amide bonds. The molecule has 1 aliphatic heterocycles. The largest absolute Gasteiger partial charge is 0.497 e. The SMILES string of the molecule is COc1ccc(OC)c(NC(=O)C2CC(O)CN2)c1. The van der Waals surface area contributed by atoms with E-state index in [1.54, 1.807) is 25.3 Å². The second-order valence-electron chi connectivity index (χ2n) is 4.41. The third kappa shape index (κ3) is 3.15. The van der Waals surface area contributed by atoms with Gasteiger partial charge >= 0.3 is 0 Å². The number of hydrogen-bond acceptors (Lipinski definition) is 5. The Bertz CT molecular complexity index is 464. The van der Waals surface area contributed by atoms with Gasteiger partial charge < -0.3 is 25.2 Å². The monoisotopic (exact) mass is 266 g/mol. The average Bonchev–Trinajstić information content (AvgIpc) is 2.85. The van der Waals surface area contributed by atoms with Crippen LogP contribution in [-0.2, 0) is 4.79 Å². The molecule has 0 aliphatic carbocycles. The number of nitrogens with one attached hydrogen (secondary N) is 2. The maximum absolute atomic E-state index is 12.0. The fourth-order valence-corrected chi connectivity index (χ4v) is 2.05. The van der Waals surface area contributed by atoms with Crippen LogP contribution in [0.25, 0.3) is 0 Å². The van der Waals surface area contributed by atoms with E-state index in [1.165, 1.54) is 7.11 Å². The van der Waals surface area contributed by atoms with Gasteiger partial charge in [0.05, 0.1) is 32.1 Å². The minimum atomic E-state index is -0.469. The van der Waals surface area contributed by atoms with Gasteiger partial charge in [0, 0.05) is 12.6 Å². The smallest absolute Gasteiger partial charge is 0.241 e. The number of benzene rings is 1. The zero-order valence-corrected chi connectivity index (χ0v) is 11.0. The molecular weight excluding hydrogens is 248 g/mol. The Kier molecular flexibility index (Phi) is 4.24. The number of β-amino-alcohol motifs (C(OH)–C–C–N with tert-alkyl or cyclic N) is 1. The lowest BCUT2D eigenvalue weighted by atomic mass is 10.2. The summed E-state index contributed by atoms with van der Waals surface area (Å²) in [6.45, 7) is 0.438. The first-order valence-corrected chi connectivity index (χ1v) is 6.08. The van der Waals surface area contributed by atoms with Crippen molar-refractivity contribution >= 4 is 11.6 Å². The van der Waals surface area contributed by atoms with E-state index in [0.29, 0.717) is 30.2 Å². The number of hydrogen-bond donors (Lipinski definition) is 3. The van der Waals surface area contributed by atoms with Crippen molar-refractivity contribution in [3.05, 3.63) is 18.2 Å². The van der Waals surface area contributed by atoms with Crippen LogP contribution in [-0.4, -0.2) is 43.9 Å². The van der Waals surface area contributed by atoms with Gasteiger partial charge in [0.25, 0.3) is 0 Å². The quantitative estimate of drug-likeness (QED) is 0.733. The molecule has 0 aromatic heterocycles. The third-order valence-electron chi connectivity index (χ3n) is 3.09. The van der Waals surface area contributed by atoms with Crippen LogP contribution in [0.5, 0.6) is 11.5 Å². The Balaban J connectivity index is 2.11. The highest BCUT2D eigenvalue weighted by Gasteiger charge is 2.28. The van der Waals surface area contributed by atoms with Gasteiger partial charge in [-0.3, -0.25) is 4.79 Å². The van der Waals surface area contributed by atoms with Crippen LogP contribution in [0.2, 0.25) is 0 Å². The Labute approximate surface area is 111 Å². The van der Waals surface area contributed by atoms with Crippen molar-refractivity contribution < 1.29 is 19.4 Å². The number of aliphatic hydroxyl groups excluding tert-OH is 1. The molecule has 1 aromatic carbocycles. The minimum absolute atomic E-state index is 0.192. The van der Waals surface area contributed by atoms with Gasteiger partial charge in [0.1, 0.15) is 11.5 Å². The molecule has 104 valence electrons. The van der Waals surface area contributed by atoms with E-state index < -0.39 is 6.10 Å². The molecule has 19 heavy (non-hydrogen) atoms. The maximum atomic E-state index is 12.0. The van der Waals surface area contributed by atoms with Crippen LogP contribution in [0, 0.1) is 0 Å². The summed E-state index contributed by atoms with van der Waals surface area (Å²) in [6.07, 6.45) is -0.0547. The van der Waals surface area contributed by atoms with Crippen molar-refractivity contribution in [2.75, 3.05) is 26.1 Å². The number of carbonyl (C=O) groups excluding carboxylic acids is 1. The summed E-state index contributed by atoms with van der Waals surface area (Å²) in [5.74, 6) is 1.01. The first-order chi connectivity index (χ1) is 9.13. The third-order valence-corrected chi connectivity index (χ3v) is 3.09. The van der Waals surface area contributed by atoms with Crippen LogP contribution >= 0.6 is 0 Å². The summed E-state index contributed by atoms with van der Waals surface area (Å²) in [7, 11) is 3.09. The van der Waals surface area contributed by atoms with Crippen molar-refractivity contribution in [2.24, 2.45) is 0 Å². The van der Waals surface area contributed by atoms with Gasteiger partial charge in [-0.15, -0.1) is 0 Å². The molecule has 1 fully saturated rings. The lowest BCUT2D eigenvalue weighted by Crippen LogP contribution is -2.35. The maximum Gasteiger partial charge on any atom is 0.241 e. The fraction of sp³-hybridized carbons (Fsp3) is 0.462. The van der Waals surface area contributed by atoms with Gasteiger partial charge in [-0.2, -0.15) is 0 Å². The van der Waals surface area contributed by atoms with Crippen molar-refractivity contribution in [3.63, 3.8) is 0 Å². The molecule has 0 spiro atoms. The molecule has 0 radical (unpaired) electrons. The van der Waals surface area contributed by atoms with E-state index in [4.69, 9.17) is 9.47 Å². The summed E-state index contributed by atoms with van der Waals surface area (Å²) in [5, 5.41) is 15.1. The number of amides is 1. The molecule has 1 aliphatic rings. The van der Waals surface area contributed by atoms with Crippen molar-refractivity contribution in [1.29, 1.82) is 0 Å². The number of aliphatic hydroxyl groups is 1. The summed E-state index contributed by atoms with van der Waals surface area (Å²) in [6, 6.07) is 4.80. The van der Waals surface area contributed by atoms with Gasteiger partial charge in [0.15, 0.2) is 0 Å². The van der Waals surface area contributed by atoms with E-state index in [2.05, 4.69) is 10.6 Å². The number of anilines is 1. The van der Waals surface area contributed by atoms with Gasteiger partial charge in [-0.05, 0) is 18.6 Å². The van der Waals surface area contributed by atoms with Crippen LogP contribution in [0.3, 0.4) is 0 Å². The van der Waals surface area contributed by atoms with Crippen molar-refractivity contribution in [2.45, 2.75) is 18.6 Å². The van der Waals surface area contributed by atoms with Gasteiger partial charge in [0.2, 0.25) is 5.91 Å². The standard InChI is InChI=1S/C13H18N2O4/c1-18-9-3-4-12(19-2)10(6-9)15-13(17)11-5-8(16)7-14-11/h3-4,6,8,11,14,16H,5,7H2,1-2H3,(H,15,17). The minimum Gasteiger partial charge on any atom is -0.497 e. The molecule has 6 nitrogen and oxygen atoms in total. The highest BCUT2D eigenvalue weighted by Crippen LogP contribution is 2.29. The molecule has 6 heteroatoms. The van der Waals surface area contributed by atoms with E-state index in [1.807, 2.05) is 0 Å². The van der Waals surface area contributed by atoms with Crippen molar-refractivity contribution in [3.8, 4) is 11.5 Å². The highest BCUT2D eigenvalue weighted by atomic mass is 16.5. The molecular formula is C13H18N2O4. The predicted octanol–water partition coefficient (Wildman–Crippen LogP) is 0.365. The highest BCUT2D eigenvalue weighted by molar-refractivity contribution is 5.96. The van der Waals surface area contributed by atoms with E-state index in [0.717, 1.165) is 0 Å². The van der Waals surface area contributed by atoms with Crippen molar-refractivity contribution in [1.82, 2.24) is 5.32 Å². The zero-order chi connectivity index (χ0) is 13.8. The molecule has 0 bridgehead atoms. The zero-order valence-electron chi connectivity index (χ0n) is 11.0. The predicted molar refractivity (Wildman–Crippen MR) is 70.6 cm³/mol. The number of carbonyl (C=O) groups is 1. The van der Waals surface area contributed by atoms with Crippen LogP contribution in [0.1, 0.15) is 6.42 Å². The van der Waals surface area contributed by atoms with Crippen LogP contribution < -0.4 is 20.1 Å². The second-order valence-corrected chi connectivity index (χ2v) is 4.41. The summed E-state index contributed by atoms with van der Waals surface area (Å²) in [5.41, 5.74) is 0.551. The Morgan fingerprint density at radius 1 is 1.42 bits per heavy atom. The second kappa shape index (κ2) is 5.90. The molecule has 1 heterocycles. The Hall–Kier alpha value is -1.79. The lowest BCUT2D eigenvalue weighted by molar-refractivity contribution is -0.117. The molecule has 1 saturated heterocycles. The lowest BCUT2D eigenvalue weighted by Gasteiger charge is -2.14. The number of methoxy groups -OCH3 is 2. The topological polar surface area (TPSA) is 79.8 Å². The molecule has 2 atom stereocenters. The molecule has 2 unspecified atom stereocenters. The molecule has 2 rings (SSSR count). The molecule has 0 saturated carbocycles. The number of ether oxygens (including phenoxy) is 2. The van der Waals surface area contributed by atoms with Crippen LogP contribution in [0.4, 0.5) is 5.69 Å². The molecule has 1 aromatic rings. The Morgan fingerprint density at radius 3 is 2.79 bits per heavy atom. The first kappa shape index (κ1) is 13.6. The van der Waals surface area contributed by atoms with Crippen LogP contribution in [0.15, 0.2) is 18.2 Å². The normalized spacial score (nSPS) is 22.1. The first-order valence-electron chi connectivity index (χ1n) is 6.08. The number of rotatable bonds is 4. The fourth-order valence-electron chi connectivity index (χ4n) is 2.05. The van der Waals surface area contributed by atoms with E-state index in [-0.39, 0.29) is 11.9 Å². The summed E-state index contributed by atoms with van der Waals surface area (Å²) >= 11 is 0. The van der Waals surface area contributed by atoms with E-state index >= 15 is 0 Å². The van der Waals surface area contributed by atoms with Gasteiger partial charge in [-0.25, -0.2) is 0 Å². The average molecular weight is 266 g/mol. The molecule has 3 N–H and O–H groups in total. The summed E-state index contributed by atoms with van der Waals surface area (Å²) < 4.78 is 10.3. The van der Waals surface area contributed by atoms with Gasteiger partial charge in [-0.1, -0.05) is 0 Å².